The van der Waals surface area contributed by atoms with Crippen LogP contribution in [0.5, 0.6) is 0 Å². The predicted octanol–water partition coefficient (Wildman–Crippen LogP) is 2.67. The Bertz CT molecular complexity index is 598. The molecule has 2 aromatic rings. The summed E-state index contributed by atoms with van der Waals surface area (Å²) in [5.41, 5.74) is 9.35. The molecule has 1 aliphatic rings. The molecule has 20 heavy (non-hydrogen) atoms. The Morgan fingerprint density at radius 3 is 2.75 bits per heavy atom. The van der Waals surface area contributed by atoms with Gasteiger partial charge in [0.2, 0.25) is 0 Å². The van der Waals surface area contributed by atoms with Crippen LogP contribution >= 0.6 is 0 Å². The smallest absolute Gasteiger partial charge is 0.164 e. The van der Waals surface area contributed by atoms with Crippen LogP contribution in [0.3, 0.4) is 0 Å². The lowest BCUT2D eigenvalue weighted by atomic mass is 10.1. The van der Waals surface area contributed by atoms with Crippen LogP contribution in [0.25, 0.3) is 0 Å². The highest BCUT2D eigenvalue weighted by atomic mass is 16.5. The van der Waals surface area contributed by atoms with Gasteiger partial charge in [0, 0.05) is 17.9 Å². The number of nitrogens with zero attached hydrogens (tertiary/aromatic N) is 2. The number of ether oxygens (including phenoxy) is 1. The lowest BCUT2D eigenvalue weighted by Crippen LogP contribution is -2.13. The van der Waals surface area contributed by atoms with Crippen LogP contribution in [-0.4, -0.2) is 16.6 Å². The fourth-order valence-corrected chi connectivity index (χ4v) is 2.71. The molecule has 0 bridgehead atoms. The molecule has 1 atom stereocenters. The summed E-state index contributed by atoms with van der Waals surface area (Å²) in [7, 11) is 0. The van der Waals surface area contributed by atoms with Gasteiger partial charge >= 0.3 is 0 Å². The Labute approximate surface area is 119 Å². The van der Waals surface area contributed by atoms with E-state index >= 15 is 0 Å². The molecular weight excluding hydrogens is 250 g/mol. The van der Waals surface area contributed by atoms with Gasteiger partial charge in [0.25, 0.3) is 0 Å². The van der Waals surface area contributed by atoms with Gasteiger partial charge in [-0.15, -0.1) is 0 Å². The topological polar surface area (TPSA) is 61.0 Å². The summed E-state index contributed by atoms with van der Waals surface area (Å²) in [5.74, 6) is 1.29. The quantitative estimate of drug-likeness (QED) is 0.927. The Kier molecular flexibility index (Phi) is 3.65. The number of hydrogen-bond acceptors (Lipinski definition) is 4. The average molecular weight is 269 g/mol. The van der Waals surface area contributed by atoms with Gasteiger partial charge in [-0.05, 0) is 31.7 Å². The molecule has 4 heteroatoms. The van der Waals surface area contributed by atoms with Gasteiger partial charge in [-0.3, -0.25) is 0 Å². The number of benzene rings is 1. The molecule has 0 spiro atoms. The minimum absolute atomic E-state index is 0.241. The number of fused-ring (bicyclic) bond motifs is 1. The number of nitrogens with two attached hydrogens (primary N) is 1. The first kappa shape index (κ1) is 13.1. The minimum atomic E-state index is -0.241. The zero-order chi connectivity index (χ0) is 13.9. The molecule has 1 aromatic carbocycles. The minimum Gasteiger partial charge on any atom is -0.383 e. The third kappa shape index (κ3) is 2.39. The number of aryl methyl sites for hydroxylation is 1. The van der Waals surface area contributed by atoms with Gasteiger partial charge in [-0.1, -0.05) is 30.3 Å². The van der Waals surface area contributed by atoms with Crippen molar-refractivity contribution in [2.75, 3.05) is 12.3 Å². The zero-order valence-electron chi connectivity index (χ0n) is 11.7. The van der Waals surface area contributed by atoms with Crippen LogP contribution in [0.2, 0.25) is 0 Å². The molecule has 4 nitrogen and oxygen atoms in total. The highest BCUT2D eigenvalue weighted by Gasteiger charge is 2.23. The van der Waals surface area contributed by atoms with Crippen LogP contribution in [0.1, 0.15) is 42.1 Å². The summed E-state index contributed by atoms with van der Waals surface area (Å²) in [4.78, 5) is 9.18. The largest absolute Gasteiger partial charge is 0.383 e. The number of rotatable bonds is 4. The van der Waals surface area contributed by atoms with E-state index < -0.39 is 0 Å². The summed E-state index contributed by atoms with van der Waals surface area (Å²) < 4.78 is 5.85. The van der Waals surface area contributed by atoms with Crippen LogP contribution < -0.4 is 5.73 Å². The highest BCUT2D eigenvalue weighted by molar-refractivity contribution is 5.45. The molecule has 1 unspecified atom stereocenters. The van der Waals surface area contributed by atoms with Gasteiger partial charge in [0.15, 0.2) is 5.82 Å². The monoisotopic (exact) mass is 269 g/mol. The van der Waals surface area contributed by atoms with Crippen molar-refractivity contribution < 1.29 is 4.74 Å². The maximum absolute atomic E-state index is 6.08. The third-order valence-corrected chi connectivity index (χ3v) is 3.65. The molecule has 0 fully saturated rings. The number of nitrogen functional groups attached to an aromatic ring is 1. The highest BCUT2D eigenvalue weighted by Crippen LogP contribution is 2.29. The van der Waals surface area contributed by atoms with Crippen LogP contribution in [0, 0.1) is 0 Å². The van der Waals surface area contributed by atoms with Crippen molar-refractivity contribution in [3.8, 4) is 0 Å². The van der Waals surface area contributed by atoms with Crippen LogP contribution in [-0.2, 0) is 17.6 Å². The Hall–Kier alpha value is -1.94. The summed E-state index contributed by atoms with van der Waals surface area (Å²) in [5, 5.41) is 0. The lowest BCUT2D eigenvalue weighted by molar-refractivity contribution is 0.0851. The molecule has 1 aliphatic carbocycles. The Morgan fingerprint density at radius 2 is 2.00 bits per heavy atom. The van der Waals surface area contributed by atoms with Crippen molar-refractivity contribution in [2.24, 2.45) is 0 Å². The van der Waals surface area contributed by atoms with Crippen molar-refractivity contribution in [3.63, 3.8) is 0 Å². The van der Waals surface area contributed by atoms with E-state index in [2.05, 4.69) is 4.98 Å². The second-order valence-electron chi connectivity index (χ2n) is 4.99. The standard InChI is InChI=1S/C16H19N3O/c1-2-20-14(11-7-4-3-5-8-11)16-18-13-10-6-9-12(13)15(17)19-16/h3-5,7-8,14H,2,6,9-10H2,1H3,(H2,17,18,19). The van der Waals surface area contributed by atoms with E-state index in [1.54, 1.807) is 0 Å². The summed E-state index contributed by atoms with van der Waals surface area (Å²) >= 11 is 0. The molecule has 1 heterocycles. The van der Waals surface area contributed by atoms with Gasteiger partial charge in [0.1, 0.15) is 11.9 Å². The van der Waals surface area contributed by atoms with E-state index in [0.717, 1.165) is 36.1 Å². The lowest BCUT2D eigenvalue weighted by Gasteiger charge is -2.17. The fourth-order valence-electron chi connectivity index (χ4n) is 2.71. The fraction of sp³-hybridized carbons (Fsp3) is 0.375. The van der Waals surface area contributed by atoms with Gasteiger partial charge in [-0.2, -0.15) is 0 Å². The van der Waals surface area contributed by atoms with E-state index in [4.69, 9.17) is 15.5 Å². The van der Waals surface area contributed by atoms with E-state index in [0.29, 0.717) is 18.2 Å². The second kappa shape index (κ2) is 5.59. The summed E-state index contributed by atoms with van der Waals surface area (Å²) in [6.07, 6.45) is 2.85. The second-order valence-corrected chi connectivity index (χ2v) is 4.99. The number of aromatic nitrogens is 2. The van der Waals surface area contributed by atoms with Gasteiger partial charge in [-0.25, -0.2) is 9.97 Å². The average Bonchev–Trinajstić information content (AvgIpc) is 2.94. The first-order valence-electron chi connectivity index (χ1n) is 7.11. The Balaban J connectivity index is 2.02. The molecular formula is C16H19N3O. The van der Waals surface area contributed by atoms with E-state index in [1.165, 1.54) is 0 Å². The molecule has 3 rings (SSSR count). The first-order valence-corrected chi connectivity index (χ1v) is 7.11. The first-order chi connectivity index (χ1) is 9.79. The predicted molar refractivity (Wildman–Crippen MR) is 78.4 cm³/mol. The molecule has 104 valence electrons. The summed E-state index contributed by atoms with van der Waals surface area (Å²) in [6.45, 7) is 2.59. The number of hydrogen-bond donors (Lipinski definition) is 1. The van der Waals surface area contributed by atoms with Crippen LogP contribution in [0.15, 0.2) is 30.3 Å². The molecule has 0 amide bonds. The molecule has 0 aliphatic heterocycles. The van der Waals surface area contributed by atoms with Crippen molar-refractivity contribution in [2.45, 2.75) is 32.3 Å². The van der Waals surface area contributed by atoms with Crippen molar-refractivity contribution in [1.29, 1.82) is 0 Å². The molecule has 0 radical (unpaired) electrons. The third-order valence-electron chi connectivity index (χ3n) is 3.65. The maximum atomic E-state index is 6.08. The van der Waals surface area contributed by atoms with Crippen LogP contribution in [0.4, 0.5) is 5.82 Å². The van der Waals surface area contributed by atoms with Crippen molar-refractivity contribution in [3.05, 3.63) is 53.0 Å². The van der Waals surface area contributed by atoms with E-state index in [1.807, 2.05) is 37.3 Å². The van der Waals surface area contributed by atoms with E-state index in [9.17, 15) is 0 Å². The molecule has 0 saturated heterocycles. The van der Waals surface area contributed by atoms with E-state index in [-0.39, 0.29) is 6.10 Å². The summed E-state index contributed by atoms with van der Waals surface area (Å²) in [6, 6.07) is 10.1. The normalized spacial score (nSPS) is 15.1. The molecule has 2 N–H and O–H groups in total. The van der Waals surface area contributed by atoms with Gasteiger partial charge < -0.3 is 10.5 Å². The molecule has 1 aromatic heterocycles. The number of anilines is 1. The SMILES string of the molecule is CCOC(c1ccccc1)c1nc(N)c2c(n1)CCC2. The maximum Gasteiger partial charge on any atom is 0.164 e. The van der Waals surface area contributed by atoms with Gasteiger partial charge in [0.05, 0.1) is 0 Å². The Morgan fingerprint density at radius 1 is 1.20 bits per heavy atom. The van der Waals surface area contributed by atoms with Crippen molar-refractivity contribution >= 4 is 5.82 Å². The molecule has 0 saturated carbocycles. The van der Waals surface area contributed by atoms with Crippen molar-refractivity contribution in [1.82, 2.24) is 9.97 Å². The zero-order valence-corrected chi connectivity index (χ0v) is 11.7.